The van der Waals surface area contributed by atoms with Gasteiger partial charge in [-0.3, -0.25) is 0 Å². The van der Waals surface area contributed by atoms with Crippen molar-refractivity contribution in [1.29, 1.82) is 0 Å². The van der Waals surface area contributed by atoms with Gasteiger partial charge >= 0.3 is 0 Å². The Morgan fingerprint density at radius 3 is 0.893 bits per heavy atom. The van der Waals surface area contributed by atoms with Crippen LogP contribution in [0.4, 0.5) is 0 Å². The van der Waals surface area contributed by atoms with Crippen molar-refractivity contribution >= 4 is 0 Å². The van der Waals surface area contributed by atoms with Gasteiger partial charge in [0.2, 0.25) is 0 Å². The second-order valence-electron chi connectivity index (χ2n) is 7.84. The molecule has 0 spiro atoms. The van der Waals surface area contributed by atoms with Crippen molar-refractivity contribution in [3.63, 3.8) is 0 Å². The topological polar surface area (TPSA) is 0 Å². The van der Waals surface area contributed by atoms with Crippen molar-refractivity contribution in [2.75, 3.05) is 0 Å². The maximum absolute atomic E-state index is 2.37. The van der Waals surface area contributed by atoms with Gasteiger partial charge in [0.25, 0.3) is 0 Å². The molecule has 0 bridgehead atoms. The van der Waals surface area contributed by atoms with Crippen LogP contribution in [-0.2, 0) is 10.8 Å². The second kappa shape index (κ2) is 7.48. The first-order valence-electron chi connectivity index (χ1n) is 9.89. The quantitative estimate of drug-likeness (QED) is 0.335. The van der Waals surface area contributed by atoms with Crippen LogP contribution in [0.1, 0.15) is 36.1 Å². The summed E-state index contributed by atoms with van der Waals surface area (Å²) in [4.78, 5) is 0. The molecule has 0 atom stereocenters. The fourth-order valence-electron chi connectivity index (χ4n) is 4.72. The third-order valence-corrected chi connectivity index (χ3v) is 6.05. The van der Waals surface area contributed by atoms with Crippen molar-refractivity contribution in [2.45, 2.75) is 24.7 Å². The third-order valence-electron chi connectivity index (χ3n) is 6.05. The Morgan fingerprint density at radius 1 is 0.357 bits per heavy atom. The van der Waals surface area contributed by atoms with Crippen molar-refractivity contribution in [2.24, 2.45) is 0 Å². The molecule has 0 amide bonds. The minimum absolute atomic E-state index is 0.182. The number of rotatable bonds is 5. The first-order chi connectivity index (χ1) is 13.7. The summed E-state index contributed by atoms with van der Waals surface area (Å²) >= 11 is 0. The van der Waals surface area contributed by atoms with E-state index < -0.39 is 0 Å². The summed E-state index contributed by atoms with van der Waals surface area (Å²) in [6.45, 7) is 4.74. The lowest BCUT2D eigenvalue weighted by molar-refractivity contribution is 0.357. The third kappa shape index (κ3) is 2.86. The molecular formula is C28H26. The monoisotopic (exact) mass is 362 g/mol. The molecule has 28 heavy (non-hydrogen) atoms. The van der Waals surface area contributed by atoms with E-state index in [9.17, 15) is 0 Å². The summed E-state index contributed by atoms with van der Waals surface area (Å²) in [7, 11) is 0. The Labute approximate surface area is 168 Å². The molecule has 0 aliphatic rings. The lowest BCUT2D eigenvalue weighted by Gasteiger charge is -2.49. The summed E-state index contributed by atoms with van der Waals surface area (Å²) in [5.74, 6) is 0. The molecule has 0 fully saturated rings. The maximum Gasteiger partial charge on any atom is 0.0542 e. The molecule has 0 heterocycles. The van der Waals surface area contributed by atoms with Crippen molar-refractivity contribution in [3.05, 3.63) is 144 Å². The van der Waals surface area contributed by atoms with Gasteiger partial charge in [-0.2, -0.15) is 0 Å². The van der Waals surface area contributed by atoms with Crippen molar-refractivity contribution in [1.82, 2.24) is 0 Å². The molecule has 0 N–H and O–H groups in total. The number of hydrogen-bond donors (Lipinski definition) is 0. The Hall–Kier alpha value is -3.12. The van der Waals surface area contributed by atoms with Crippen molar-refractivity contribution in [3.8, 4) is 0 Å². The van der Waals surface area contributed by atoms with Crippen molar-refractivity contribution < 1.29 is 0 Å². The molecule has 4 aromatic rings. The van der Waals surface area contributed by atoms with Gasteiger partial charge in [0.15, 0.2) is 0 Å². The van der Waals surface area contributed by atoms with E-state index in [1.165, 1.54) is 22.3 Å². The van der Waals surface area contributed by atoms with Crippen LogP contribution in [-0.4, -0.2) is 0 Å². The lowest BCUT2D eigenvalue weighted by Crippen LogP contribution is -2.47. The molecule has 4 aromatic carbocycles. The molecule has 0 radical (unpaired) electrons. The molecular weight excluding hydrogens is 336 g/mol. The molecule has 0 nitrogen and oxygen atoms in total. The average molecular weight is 363 g/mol. The van der Waals surface area contributed by atoms with Gasteiger partial charge in [0.05, 0.1) is 5.41 Å². The molecule has 0 saturated heterocycles. The van der Waals surface area contributed by atoms with E-state index in [0.717, 1.165) is 0 Å². The standard InChI is InChI=1S/C28H26/c1-27(2,23-15-7-3-8-16-23)28(24-17-9-4-10-18-24,25-19-11-5-12-20-25)26-21-13-6-14-22-26/h3-22H,1-2H3. The molecule has 138 valence electrons. The summed E-state index contributed by atoms with van der Waals surface area (Å²) in [6, 6.07) is 43.7. The van der Waals surface area contributed by atoms with Gasteiger partial charge in [-0.1, -0.05) is 135 Å². The van der Waals surface area contributed by atoms with Crippen LogP contribution in [0.15, 0.2) is 121 Å². The highest BCUT2D eigenvalue weighted by atomic mass is 14.5. The molecule has 0 aliphatic heterocycles. The van der Waals surface area contributed by atoms with E-state index in [-0.39, 0.29) is 10.8 Å². The second-order valence-corrected chi connectivity index (χ2v) is 7.84. The molecule has 0 aromatic heterocycles. The molecule has 4 rings (SSSR count). The van der Waals surface area contributed by atoms with Gasteiger partial charge in [0.1, 0.15) is 0 Å². The van der Waals surface area contributed by atoms with E-state index >= 15 is 0 Å². The average Bonchev–Trinajstić information content (AvgIpc) is 2.77. The van der Waals surface area contributed by atoms with Crippen LogP contribution in [0, 0.1) is 0 Å². The number of hydrogen-bond acceptors (Lipinski definition) is 0. The molecule has 0 saturated carbocycles. The summed E-state index contributed by atoms with van der Waals surface area (Å²) in [6.07, 6.45) is 0. The van der Waals surface area contributed by atoms with E-state index in [1.54, 1.807) is 0 Å². The van der Waals surface area contributed by atoms with E-state index in [2.05, 4.69) is 135 Å². The van der Waals surface area contributed by atoms with Gasteiger partial charge in [-0.05, 0) is 22.3 Å². The highest BCUT2D eigenvalue weighted by Crippen LogP contribution is 2.53. The molecule has 0 unspecified atom stereocenters. The van der Waals surface area contributed by atoms with Crippen LogP contribution in [0.3, 0.4) is 0 Å². The lowest BCUT2D eigenvalue weighted by atomic mass is 9.53. The summed E-state index contributed by atoms with van der Waals surface area (Å²) in [5.41, 5.74) is 4.74. The normalized spacial score (nSPS) is 11.9. The van der Waals surface area contributed by atoms with Crippen LogP contribution in [0.25, 0.3) is 0 Å². The zero-order valence-corrected chi connectivity index (χ0v) is 16.5. The maximum atomic E-state index is 2.37. The highest BCUT2D eigenvalue weighted by Gasteiger charge is 2.49. The van der Waals surface area contributed by atoms with Gasteiger partial charge < -0.3 is 0 Å². The first-order valence-corrected chi connectivity index (χ1v) is 9.89. The fraction of sp³-hybridized carbons (Fsp3) is 0.143. The summed E-state index contributed by atoms with van der Waals surface area (Å²) < 4.78 is 0. The van der Waals surface area contributed by atoms with Gasteiger partial charge in [-0.15, -0.1) is 0 Å². The first kappa shape index (κ1) is 18.3. The van der Waals surface area contributed by atoms with Crippen LogP contribution in [0.5, 0.6) is 0 Å². The zero-order valence-electron chi connectivity index (χ0n) is 16.5. The minimum atomic E-state index is -0.321. The molecule has 0 heteroatoms. The number of benzene rings is 4. The fourth-order valence-corrected chi connectivity index (χ4v) is 4.72. The van der Waals surface area contributed by atoms with E-state index in [0.29, 0.717) is 0 Å². The largest absolute Gasteiger partial charge is 0.0622 e. The smallest absolute Gasteiger partial charge is 0.0542 e. The van der Waals surface area contributed by atoms with E-state index in [4.69, 9.17) is 0 Å². The predicted molar refractivity (Wildman–Crippen MR) is 119 cm³/mol. The van der Waals surface area contributed by atoms with Crippen LogP contribution in [0.2, 0.25) is 0 Å². The Kier molecular flexibility index (Phi) is 4.88. The predicted octanol–water partition coefficient (Wildman–Crippen LogP) is 7.00. The SMILES string of the molecule is CC(C)(c1ccccc1)C(c1ccccc1)(c1ccccc1)c1ccccc1. The van der Waals surface area contributed by atoms with E-state index in [1.807, 2.05) is 0 Å². The van der Waals surface area contributed by atoms with Gasteiger partial charge in [-0.25, -0.2) is 0 Å². The Bertz CT molecular complexity index is 904. The Balaban J connectivity index is 2.14. The van der Waals surface area contributed by atoms with Crippen LogP contribution >= 0.6 is 0 Å². The molecule has 0 aliphatic carbocycles. The van der Waals surface area contributed by atoms with Gasteiger partial charge in [0, 0.05) is 5.41 Å². The van der Waals surface area contributed by atoms with Crippen LogP contribution < -0.4 is 0 Å². The zero-order chi connectivity index (χ0) is 19.5. The Morgan fingerprint density at radius 2 is 0.607 bits per heavy atom. The highest BCUT2D eigenvalue weighted by molar-refractivity contribution is 5.56. The minimum Gasteiger partial charge on any atom is -0.0622 e. The summed E-state index contributed by atoms with van der Waals surface area (Å²) in [5, 5.41) is 0.